The fourth-order valence-electron chi connectivity index (χ4n) is 3.97. The van der Waals surface area contributed by atoms with Crippen LogP contribution < -0.4 is 16.4 Å². The number of nitrogens with zero attached hydrogens (tertiary/aromatic N) is 3. The van der Waals surface area contributed by atoms with Gasteiger partial charge < -0.3 is 16.4 Å². The summed E-state index contributed by atoms with van der Waals surface area (Å²) in [6.45, 7) is 0.620. The van der Waals surface area contributed by atoms with Crippen molar-refractivity contribution < 1.29 is 18.0 Å². The number of nitrogens with two attached hydrogens (primary N) is 2. The number of hydrogen-bond acceptors (Lipinski definition) is 6. The van der Waals surface area contributed by atoms with Gasteiger partial charge in [-0.3, -0.25) is 9.78 Å². The molecule has 0 amide bonds. The first-order chi connectivity index (χ1) is 15.3. The highest BCUT2D eigenvalue weighted by atomic mass is 19.1. The lowest BCUT2D eigenvalue weighted by Gasteiger charge is -2.35. The lowest BCUT2D eigenvalue weighted by molar-refractivity contribution is 0.0989. The quantitative estimate of drug-likeness (QED) is 0.563. The average Bonchev–Trinajstić information content (AvgIpc) is 2.74. The zero-order chi connectivity index (χ0) is 22.8. The van der Waals surface area contributed by atoms with E-state index in [1.807, 2.05) is 0 Å². The highest BCUT2D eigenvalue weighted by molar-refractivity contribution is 6.01. The van der Waals surface area contributed by atoms with E-state index >= 15 is 0 Å². The molecule has 0 spiro atoms. The predicted molar refractivity (Wildman–Crippen MR) is 123 cm³/mol. The molecule has 0 radical (unpaired) electrons. The number of carbonyl (C=O) groups is 1. The first-order valence-corrected chi connectivity index (χ1v) is 10.1. The lowest BCUT2D eigenvalue weighted by atomic mass is 10.0. The van der Waals surface area contributed by atoms with Crippen molar-refractivity contribution in [3.8, 4) is 11.3 Å². The number of alkyl halides is 1. The molecule has 6 nitrogen and oxygen atoms in total. The number of Topliss-reactive ketones (excluding diaryl/α,β-unsaturated/α-hetero) is 1. The summed E-state index contributed by atoms with van der Waals surface area (Å²) < 4.78 is 42.4. The topological polar surface area (TPSA) is 98.1 Å². The Kier molecular flexibility index (Phi) is 7.33. The van der Waals surface area contributed by atoms with Crippen molar-refractivity contribution >= 4 is 17.2 Å². The number of pyridine rings is 2. The van der Waals surface area contributed by atoms with E-state index in [0.717, 1.165) is 12.1 Å². The molecule has 1 saturated heterocycles. The summed E-state index contributed by atoms with van der Waals surface area (Å²) in [5.41, 5.74) is 12.7. The third-order valence-electron chi connectivity index (χ3n) is 5.41. The highest BCUT2D eigenvalue weighted by Crippen LogP contribution is 2.28. The van der Waals surface area contributed by atoms with Crippen LogP contribution in [0.4, 0.5) is 24.5 Å². The second-order valence-corrected chi connectivity index (χ2v) is 7.83. The molecule has 1 fully saturated rings. The Bertz CT molecular complexity index is 1130. The minimum absolute atomic E-state index is 0. The van der Waals surface area contributed by atoms with E-state index in [9.17, 15) is 18.0 Å². The van der Waals surface area contributed by atoms with Crippen LogP contribution >= 0.6 is 0 Å². The van der Waals surface area contributed by atoms with Crippen molar-refractivity contribution in [2.75, 3.05) is 23.7 Å². The van der Waals surface area contributed by atoms with E-state index in [0.29, 0.717) is 17.8 Å². The van der Waals surface area contributed by atoms with Crippen LogP contribution in [-0.4, -0.2) is 41.1 Å². The van der Waals surface area contributed by atoms with Gasteiger partial charge in [-0.25, -0.2) is 18.2 Å². The molecule has 1 aromatic carbocycles. The van der Waals surface area contributed by atoms with Crippen LogP contribution in [0, 0.1) is 11.6 Å². The number of piperidine rings is 1. The van der Waals surface area contributed by atoms with Crippen LogP contribution in [0.3, 0.4) is 0 Å². The van der Waals surface area contributed by atoms with Crippen molar-refractivity contribution in [1.82, 2.24) is 9.97 Å². The van der Waals surface area contributed by atoms with Crippen LogP contribution in [0.5, 0.6) is 0 Å². The molecule has 4 rings (SSSR count). The molecule has 1 aliphatic heterocycles. The van der Waals surface area contributed by atoms with E-state index < -0.39 is 23.6 Å². The van der Waals surface area contributed by atoms with E-state index in [4.69, 9.17) is 11.5 Å². The number of anilines is 2. The Morgan fingerprint density at radius 1 is 1.12 bits per heavy atom. The van der Waals surface area contributed by atoms with Crippen molar-refractivity contribution in [2.45, 2.75) is 32.5 Å². The molecule has 3 aromatic rings. The third kappa shape index (κ3) is 5.14. The second kappa shape index (κ2) is 9.99. The third-order valence-corrected chi connectivity index (χ3v) is 5.41. The summed E-state index contributed by atoms with van der Waals surface area (Å²) in [5, 5.41) is 0. The Hall–Kier alpha value is -3.46. The van der Waals surface area contributed by atoms with E-state index in [1.165, 1.54) is 24.4 Å². The molecule has 0 saturated carbocycles. The maximum absolute atomic E-state index is 14.2. The molecular formula is C24H26F3N5O. The van der Waals surface area contributed by atoms with Gasteiger partial charge in [0.2, 0.25) is 0 Å². The van der Waals surface area contributed by atoms with E-state index in [-0.39, 0.29) is 55.5 Å². The minimum atomic E-state index is -1.07. The van der Waals surface area contributed by atoms with Gasteiger partial charge in [0.05, 0.1) is 16.9 Å². The molecule has 0 aliphatic carbocycles. The molecule has 0 bridgehead atoms. The van der Waals surface area contributed by atoms with Crippen LogP contribution in [0.25, 0.3) is 11.3 Å². The van der Waals surface area contributed by atoms with Gasteiger partial charge in [-0.1, -0.05) is 13.5 Å². The smallest absolute Gasteiger partial charge is 0.187 e. The number of aromatic nitrogens is 2. The minimum Gasteiger partial charge on any atom is -0.397 e. The van der Waals surface area contributed by atoms with Crippen molar-refractivity contribution in [3.63, 3.8) is 0 Å². The number of benzene rings is 1. The Balaban J connectivity index is 0.00000306. The van der Waals surface area contributed by atoms with Gasteiger partial charge in [0.1, 0.15) is 23.5 Å². The van der Waals surface area contributed by atoms with Gasteiger partial charge in [0.25, 0.3) is 0 Å². The molecule has 3 heterocycles. The molecule has 9 heteroatoms. The average molecular weight is 458 g/mol. The van der Waals surface area contributed by atoms with Crippen LogP contribution in [0.2, 0.25) is 0 Å². The monoisotopic (exact) mass is 457 g/mol. The molecule has 1 aliphatic rings. The van der Waals surface area contributed by atoms with Gasteiger partial charge in [-0.15, -0.1) is 0 Å². The van der Waals surface area contributed by atoms with Gasteiger partial charge in [-0.2, -0.15) is 0 Å². The normalized spacial score (nSPS) is 18.0. The summed E-state index contributed by atoms with van der Waals surface area (Å²) in [6.07, 6.45) is 2.18. The summed E-state index contributed by atoms with van der Waals surface area (Å²) >= 11 is 0. The molecule has 4 N–H and O–H groups in total. The SMILES string of the molecule is C.Nc1ccc(-c2c(F)cccc2F)nc1C(=O)Cc1cnccc1N1C[C@@H](N)C[C@@H](F)C1. The van der Waals surface area contributed by atoms with Crippen molar-refractivity contribution in [1.29, 1.82) is 0 Å². The first-order valence-electron chi connectivity index (χ1n) is 10.1. The van der Waals surface area contributed by atoms with Crippen LogP contribution in [0.1, 0.15) is 29.9 Å². The maximum atomic E-state index is 14.2. The van der Waals surface area contributed by atoms with Crippen LogP contribution in [0.15, 0.2) is 48.8 Å². The molecule has 2 atom stereocenters. The summed E-state index contributed by atoms with van der Waals surface area (Å²) in [5.74, 6) is -2.04. The Labute approximate surface area is 190 Å². The molecule has 0 unspecified atom stereocenters. The Morgan fingerprint density at radius 3 is 2.55 bits per heavy atom. The fraction of sp³-hybridized carbons (Fsp3) is 0.292. The number of nitrogen functional groups attached to an aromatic ring is 1. The molecular weight excluding hydrogens is 431 g/mol. The zero-order valence-corrected chi connectivity index (χ0v) is 17.1. The van der Waals surface area contributed by atoms with Gasteiger partial charge >= 0.3 is 0 Å². The number of rotatable bonds is 5. The highest BCUT2D eigenvalue weighted by Gasteiger charge is 2.27. The number of hydrogen-bond donors (Lipinski definition) is 2. The van der Waals surface area contributed by atoms with Crippen molar-refractivity contribution in [2.24, 2.45) is 5.73 Å². The summed E-state index contributed by atoms with van der Waals surface area (Å²) in [7, 11) is 0. The van der Waals surface area contributed by atoms with Gasteiger partial charge in [0, 0.05) is 49.2 Å². The van der Waals surface area contributed by atoms with Crippen LogP contribution in [-0.2, 0) is 6.42 Å². The number of ketones is 1. The Morgan fingerprint density at radius 2 is 1.85 bits per heavy atom. The van der Waals surface area contributed by atoms with Crippen molar-refractivity contribution in [3.05, 3.63) is 71.7 Å². The number of halogens is 3. The molecule has 33 heavy (non-hydrogen) atoms. The fourth-order valence-corrected chi connectivity index (χ4v) is 3.97. The molecule has 174 valence electrons. The predicted octanol–water partition coefficient (Wildman–Crippen LogP) is 3.94. The second-order valence-electron chi connectivity index (χ2n) is 7.83. The zero-order valence-electron chi connectivity index (χ0n) is 17.1. The summed E-state index contributed by atoms with van der Waals surface area (Å²) in [6, 6.07) is 7.61. The number of carbonyl (C=O) groups excluding carboxylic acids is 1. The van der Waals surface area contributed by atoms with E-state index in [2.05, 4.69) is 9.97 Å². The lowest BCUT2D eigenvalue weighted by Crippen LogP contribution is -2.48. The standard InChI is InChI=1S/C23H22F3N5O.CH4/c24-14-9-15(27)12-31(11-14)20-6-7-29-10-13(20)8-21(32)23-18(28)4-5-19(30-23)22-16(25)2-1-3-17(22)26;/h1-7,10,14-15H,8-9,11-12,27-28H2;1H4/t14-,15+;/m1./s1. The van der Waals surface area contributed by atoms with Gasteiger partial charge in [-0.05, 0) is 36.8 Å². The first kappa shape index (κ1) is 24.2. The van der Waals surface area contributed by atoms with E-state index in [1.54, 1.807) is 17.2 Å². The molecule has 2 aromatic heterocycles. The van der Waals surface area contributed by atoms with Gasteiger partial charge in [0.15, 0.2) is 5.78 Å². The maximum Gasteiger partial charge on any atom is 0.187 e. The largest absolute Gasteiger partial charge is 0.397 e. The summed E-state index contributed by atoms with van der Waals surface area (Å²) in [4.78, 5) is 23.1.